The van der Waals surface area contributed by atoms with E-state index in [0.29, 0.717) is 0 Å². The van der Waals surface area contributed by atoms with E-state index < -0.39 is 0 Å². The Morgan fingerprint density at radius 1 is 1.56 bits per heavy atom. The zero-order chi connectivity index (χ0) is 6.69. The molecule has 0 N–H and O–H groups in total. The van der Waals surface area contributed by atoms with Crippen molar-refractivity contribution in [2.24, 2.45) is 11.8 Å². The quantitative estimate of drug-likeness (QED) is 0.493. The van der Waals surface area contributed by atoms with E-state index in [1.165, 1.54) is 12.8 Å². The van der Waals surface area contributed by atoms with E-state index in [1.54, 1.807) is 0 Å². The maximum Gasteiger partial charge on any atom is 0.0117 e. The zero-order valence-corrected chi connectivity index (χ0v) is 6.28. The Kier molecular flexibility index (Phi) is 2.16. The third-order valence-corrected chi connectivity index (χ3v) is 2.03. The summed E-state index contributed by atoms with van der Waals surface area (Å²) >= 11 is 0. The van der Waals surface area contributed by atoms with E-state index in [2.05, 4.69) is 18.8 Å². The highest BCUT2D eigenvalue weighted by molar-refractivity contribution is 4.98. The van der Waals surface area contributed by atoms with Crippen molar-refractivity contribution in [3.63, 3.8) is 0 Å². The van der Waals surface area contributed by atoms with Crippen molar-refractivity contribution in [3.05, 3.63) is 0 Å². The van der Waals surface area contributed by atoms with E-state index in [1.807, 2.05) is 6.92 Å². The molecule has 0 bridgehead atoms. The van der Waals surface area contributed by atoms with E-state index in [9.17, 15) is 0 Å². The summed E-state index contributed by atoms with van der Waals surface area (Å²) in [5, 5.41) is 0. The molecule has 9 heavy (non-hydrogen) atoms. The lowest BCUT2D eigenvalue weighted by atomic mass is 10.0. The molecule has 1 aliphatic rings. The summed E-state index contributed by atoms with van der Waals surface area (Å²) in [7, 11) is 0. The van der Waals surface area contributed by atoms with Crippen LogP contribution in [0.3, 0.4) is 0 Å². The van der Waals surface area contributed by atoms with Crippen molar-refractivity contribution in [1.82, 2.24) is 0 Å². The maximum absolute atomic E-state index is 3.12. The van der Waals surface area contributed by atoms with Crippen molar-refractivity contribution in [2.45, 2.75) is 33.1 Å². The first kappa shape index (κ1) is 6.68. The van der Waals surface area contributed by atoms with Gasteiger partial charge in [-0.3, -0.25) is 0 Å². The molecule has 1 rings (SSSR count). The van der Waals surface area contributed by atoms with Crippen LogP contribution in [0.5, 0.6) is 0 Å². The van der Waals surface area contributed by atoms with Gasteiger partial charge >= 0.3 is 0 Å². The number of hydrogen-bond donors (Lipinski definition) is 0. The summed E-state index contributed by atoms with van der Waals surface area (Å²) in [5.41, 5.74) is 0. The Bertz CT molecular complexity index is 132. The molecule has 0 nitrogen and oxygen atoms in total. The summed E-state index contributed by atoms with van der Waals surface area (Å²) in [4.78, 5) is 0. The van der Waals surface area contributed by atoms with Gasteiger partial charge in [0.25, 0.3) is 0 Å². The predicted molar refractivity (Wildman–Crippen MR) is 40.0 cm³/mol. The molecule has 0 radical (unpaired) electrons. The lowest BCUT2D eigenvalue weighted by molar-refractivity contribution is 0.524. The highest BCUT2D eigenvalue weighted by atomic mass is 14.3. The van der Waals surface area contributed by atoms with Gasteiger partial charge in [0.05, 0.1) is 0 Å². The van der Waals surface area contributed by atoms with E-state index in [0.717, 1.165) is 18.3 Å². The molecular weight excluding hydrogens is 108 g/mol. The van der Waals surface area contributed by atoms with Crippen LogP contribution >= 0.6 is 0 Å². The molecule has 1 aliphatic carbocycles. The van der Waals surface area contributed by atoms with Crippen LogP contribution in [0.25, 0.3) is 0 Å². The fraction of sp³-hybridized carbons (Fsp3) is 0.778. The first-order valence-electron chi connectivity index (χ1n) is 3.74. The highest BCUT2D eigenvalue weighted by Crippen LogP contribution is 2.37. The Labute approximate surface area is 57.7 Å². The molecule has 0 spiro atoms. The Balaban J connectivity index is 2.14. The van der Waals surface area contributed by atoms with E-state index >= 15 is 0 Å². The fourth-order valence-corrected chi connectivity index (χ4v) is 1.09. The second-order valence-electron chi connectivity index (χ2n) is 2.95. The molecule has 0 saturated heterocycles. The topological polar surface area (TPSA) is 0 Å². The van der Waals surface area contributed by atoms with Gasteiger partial charge in [0.15, 0.2) is 0 Å². The average molecular weight is 122 g/mol. The van der Waals surface area contributed by atoms with Gasteiger partial charge in [-0.25, -0.2) is 0 Å². The Morgan fingerprint density at radius 2 is 2.22 bits per heavy atom. The van der Waals surface area contributed by atoms with Gasteiger partial charge in [0, 0.05) is 6.42 Å². The van der Waals surface area contributed by atoms with Gasteiger partial charge in [-0.1, -0.05) is 6.92 Å². The van der Waals surface area contributed by atoms with Crippen LogP contribution < -0.4 is 0 Å². The van der Waals surface area contributed by atoms with Crippen molar-refractivity contribution < 1.29 is 0 Å². The van der Waals surface area contributed by atoms with Gasteiger partial charge in [0.1, 0.15) is 0 Å². The van der Waals surface area contributed by atoms with E-state index in [-0.39, 0.29) is 0 Å². The molecule has 1 fully saturated rings. The highest BCUT2D eigenvalue weighted by Gasteiger charge is 2.26. The normalized spacial score (nSPS) is 20.2. The van der Waals surface area contributed by atoms with Crippen LogP contribution in [0.4, 0.5) is 0 Å². The molecule has 1 unspecified atom stereocenters. The van der Waals surface area contributed by atoms with Gasteiger partial charge in [-0.15, -0.1) is 11.8 Å². The monoisotopic (exact) mass is 122 g/mol. The summed E-state index contributed by atoms with van der Waals surface area (Å²) in [6.45, 7) is 4.22. The zero-order valence-electron chi connectivity index (χ0n) is 6.28. The molecule has 0 aromatic carbocycles. The van der Waals surface area contributed by atoms with Crippen LogP contribution in [-0.4, -0.2) is 0 Å². The van der Waals surface area contributed by atoms with Crippen molar-refractivity contribution in [2.75, 3.05) is 0 Å². The van der Waals surface area contributed by atoms with Crippen molar-refractivity contribution >= 4 is 0 Å². The third-order valence-electron chi connectivity index (χ3n) is 2.03. The summed E-state index contributed by atoms with van der Waals surface area (Å²) in [6, 6.07) is 0. The van der Waals surface area contributed by atoms with Crippen LogP contribution in [0.15, 0.2) is 0 Å². The second kappa shape index (κ2) is 2.92. The maximum atomic E-state index is 3.12. The summed E-state index contributed by atoms with van der Waals surface area (Å²) < 4.78 is 0. The van der Waals surface area contributed by atoms with Gasteiger partial charge in [-0.05, 0) is 31.6 Å². The standard InChI is InChI=1S/C9H14/c1-3-4-5-8(2)9-6-7-9/h8-9H,5-7H2,1-2H3. The largest absolute Gasteiger partial charge is 0.107 e. The predicted octanol–water partition coefficient (Wildman–Crippen LogP) is 2.45. The number of hydrogen-bond acceptors (Lipinski definition) is 0. The van der Waals surface area contributed by atoms with Gasteiger partial charge in [0.2, 0.25) is 0 Å². The third kappa shape index (κ3) is 2.10. The lowest BCUT2D eigenvalue weighted by Crippen LogP contribution is -1.93. The molecule has 0 heteroatoms. The lowest BCUT2D eigenvalue weighted by Gasteiger charge is -2.01. The molecule has 1 saturated carbocycles. The average Bonchev–Trinajstić information content (AvgIpc) is 2.63. The summed E-state index contributed by atoms with van der Waals surface area (Å²) in [6.07, 6.45) is 4.01. The minimum Gasteiger partial charge on any atom is -0.107 e. The first-order valence-corrected chi connectivity index (χ1v) is 3.74. The number of rotatable bonds is 2. The van der Waals surface area contributed by atoms with Crippen LogP contribution in [0, 0.1) is 23.7 Å². The smallest absolute Gasteiger partial charge is 0.0117 e. The van der Waals surface area contributed by atoms with Crippen LogP contribution in [0.2, 0.25) is 0 Å². The van der Waals surface area contributed by atoms with Crippen molar-refractivity contribution in [3.8, 4) is 11.8 Å². The molecule has 1 atom stereocenters. The molecule has 0 heterocycles. The fourth-order valence-electron chi connectivity index (χ4n) is 1.09. The van der Waals surface area contributed by atoms with E-state index in [4.69, 9.17) is 0 Å². The molecular formula is C9H14. The molecule has 50 valence electrons. The van der Waals surface area contributed by atoms with Gasteiger partial charge < -0.3 is 0 Å². The second-order valence-corrected chi connectivity index (χ2v) is 2.95. The minimum absolute atomic E-state index is 0.859. The van der Waals surface area contributed by atoms with Crippen LogP contribution in [0.1, 0.15) is 33.1 Å². The molecule has 0 aromatic heterocycles. The van der Waals surface area contributed by atoms with Crippen molar-refractivity contribution in [1.29, 1.82) is 0 Å². The molecule has 0 aromatic rings. The summed E-state index contributed by atoms with van der Waals surface area (Å²) in [5.74, 6) is 7.93. The Morgan fingerprint density at radius 3 is 2.67 bits per heavy atom. The molecule has 0 amide bonds. The van der Waals surface area contributed by atoms with Crippen LogP contribution in [-0.2, 0) is 0 Å². The Hall–Kier alpha value is -0.440. The minimum atomic E-state index is 0.859. The first-order chi connectivity index (χ1) is 4.34. The SMILES string of the molecule is CC#CCC(C)C1CC1. The van der Waals surface area contributed by atoms with Gasteiger partial charge in [-0.2, -0.15) is 0 Å². The molecule has 0 aliphatic heterocycles.